The Morgan fingerprint density at radius 2 is 1.90 bits per heavy atom. The second kappa shape index (κ2) is 5.27. The first kappa shape index (κ1) is 14.8. The summed E-state index contributed by atoms with van der Waals surface area (Å²) in [6.45, 7) is 10.3. The first-order valence-electron chi connectivity index (χ1n) is 7.39. The van der Waals surface area contributed by atoms with Gasteiger partial charge in [0.15, 0.2) is 0 Å². The summed E-state index contributed by atoms with van der Waals surface area (Å²) < 4.78 is 23.2. The molecular formula is C15H22BNO4. The summed E-state index contributed by atoms with van der Waals surface area (Å²) in [5, 5.41) is 0. The summed E-state index contributed by atoms with van der Waals surface area (Å²) >= 11 is 0. The zero-order valence-electron chi connectivity index (χ0n) is 13.1. The highest BCUT2D eigenvalue weighted by atomic mass is 16.7. The van der Waals surface area contributed by atoms with Crippen LogP contribution in [0.2, 0.25) is 0 Å². The molecule has 2 aliphatic heterocycles. The molecule has 3 heterocycles. The minimum Gasteiger partial charge on any atom is -0.492 e. The Morgan fingerprint density at radius 3 is 2.48 bits per heavy atom. The van der Waals surface area contributed by atoms with E-state index in [4.69, 9.17) is 18.8 Å². The molecule has 3 rings (SSSR count). The molecule has 0 unspecified atom stereocenters. The van der Waals surface area contributed by atoms with Crippen LogP contribution >= 0.6 is 0 Å². The molecule has 0 aliphatic carbocycles. The van der Waals surface area contributed by atoms with Gasteiger partial charge in [0.05, 0.1) is 37.2 Å². The average molecular weight is 291 g/mol. The third kappa shape index (κ3) is 2.80. The van der Waals surface area contributed by atoms with Crippen LogP contribution in [-0.4, -0.2) is 43.1 Å². The van der Waals surface area contributed by atoms with E-state index in [9.17, 15) is 0 Å². The van der Waals surface area contributed by atoms with Crippen molar-refractivity contribution < 1.29 is 18.8 Å². The highest BCUT2D eigenvalue weighted by Gasteiger charge is 2.52. The van der Waals surface area contributed by atoms with E-state index >= 15 is 0 Å². The van der Waals surface area contributed by atoms with Crippen LogP contribution in [0.15, 0.2) is 18.5 Å². The number of nitrogens with zero attached hydrogens (tertiary/aromatic N) is 1. The Balaban J connectivity index is 1.76. The van der Waals surface area contributed by atoms with Gasteiger partial charge in [-0.3, -0.25) is 4.98 Å². The third-order valence-corrected chi connectivity index (χ3v) is 4.51. The van der Waals surface area contributed by atoms with E-state index < -0.39 is 7.12 Å². The third-order valence-electron chi connectivity index (χ3n) is 4.51. The molecule has 1 aromatic rings. The highest BCUT2D eigenvalue weighted by molar-refractivity contribution is 6.63. The molecule has 2 aliphatic rings. The smallest absolute Gasteiger partial charge is 0.492 e. The number of rotatable bonds is 4. The zero-order chi connectivity index (χ0) is 15.1. The fourth-order valence-electron chi connectivity index (χ4n) is 2.26. The van der Waals surface area contributed by atoms with E-state index in [2.05, 4.69) is 4.98 Å². The predicted octanol–water partition coefficient (Wildman–Crippen LogP) is 1.41. The second-order valence-corrected chi connectivity index (χ2v) is 6.72. The summed E-state index contributed by atoms with van der Waals surface area (Å²) in [6, 6.07) is 1.90. The molecule has 0 bridgehead atoms. The summed E-state index contributed by atoms with van der Waals surface area (Å²) in [4.78, 5) is 4.14. The molecule has 0 spiro atoms. The van der Waals surface area contributed by atoms with Gasteiger partial charge in [-0.15, -0.1) is 0 Å². The Hall–Kier alpha value is -1.11. The summed E-state index contributed by atoms with van der Waals surface area (Å²) in [6.07, 6.45) is 3.46. The van der Waals surface area contributed by atoms with Crippen LogP contribution in [0.3, 0.4) is 0 Å². The molecule has 0 radical (unpaired) electrons. The predicted molar refractivity (Wildman–Crippen MR) is 79.8 cm³/mol. The van der Waals surface area contributed by atoms with Gasteiger partial charge >= 0.3 is 7.12 Å². The number of aromatic nitrogens is 1. The zero-order valence-corrected chi connectivity index (χ0v) is 13.1. The molecule has 21 heavy (non-hydrogen) atoms. The summed E-state index contributed by atoms with van der Waals surface area (Å²) in [7, 11) is -0.425. The highest BCUT2D eigenvalue weighted by Crippen LogP contribution is 2.37. The van der Waals surface area contributed by atoms with Crippen molar-refractivity contribution in [3.05, 3.63) is 18.5 Å². The van der Waals surface area contributed by atoms with E-state index in [1.54, 1.807) is 12.4 Å². The van der Waals surface area contributed by atoms with E-state index in [1.165, 1.54) is 0 Å². The molecular weight excluding hydrogens is 269 g/mol. The molecule has 6 heteroatoms. The molecule has 0 saturated carbocycles. The molecule has 0 N–H and O–H groups in total. The maximum absolute atomic E-state index is 6.08. The van der Waals surface area contributed by atoms with Gasteiger partial charge in [-0.2, -0.15) is 0 Å². The van der Waals surface area contributed by atoms with Gasteiger partial charge in [0.2, 0.25) is 0 Å². The topological polar surface area (TPSA) is 49.8 Å². The van der Waals surface area contributed by atoms with Crippen molar-refractivity contribution in [3.8, 4) is 5.75 Å². The Labute approximate surface area is 126 Å². The number of hydrogen-bond acceptors (Lipinski definition) is 5. The van der Waals surface area contributed by atoms with Gasteiger partial charge < -0.3 is 18.8 Å². The van der Waals surface area contributed by atoms with Crippen molar-refractivity contribution in [3.63, 3.8) is 0 Å². The lowest BCUT2D eigenvalue weighted by Gasteiger charge is -2.32. The monoisotopic (exact) mass is 291 g/mol. The molecule has 1 aromatic heterocycles. The van der Waals surface area contributed by atoms with Crippen molar-refractivity contribution in [1.29, 1.82) is 0 Å². The van der Waals surface area contributed by atoms with Crippen LogP contribution in [0.4, 0.5) is 0 Å². The lowest BCUT2D eigenvalue weighted by atomic mass is 9.79. The standard InChI is InChI=1S/C15H22BNO4/c1-14(2)15(3,4)21-16(20-14)12-5-6-17-7-13(12)19-10-11-8-18-9-11/h5-7,11H,8-10H2,1-4H3. The lowest BCUT2D eigenvalue weighted by Crippen LogP contribution is -2.41. The van der Waals surface area contributed by atoms with Crippen molar-refractivity contribution >= 4 is 12.6 Å². The van der Waals surface area contributed by atoms with Gasteiger partial charge in [0, 0.05) is 17.6 Å². The Morgan fingerprint density at radius 1 is 1.24 bits per heavy atom. The van der Waals surface area contributed by atoms with Crippen LogP contribution in [0.25, 0.3) is 0 Å². The van der Waals surface area contributed by atoms with Gasteiger partial charge in [-0.1, -0.05) is 0 Å². The maximum Gasteiger partial charge on any atom is 0.498 e. The molecule has 2 saturated heterocycles. The van der Waals surface area contributed by atoms with E-state index in [1.807, 2.05) is 33.8 Å². The molecule has 0 atom stereocenters. The van der Waals surface area contributed by atoms with Crippen LogP contribution < -0.4 is 10.2 Å². The Kier molecular flexibility index (Phi) is 3.72. The van der Waals surface area contributed by atoms with E-state index in [0.29, 0.717) is 12.5 Å². The van der Waals surface area contributed by atoms with E-state index in [-0.39, 0.29) is 11.2 Å². The minimum atomic E-state index is -0.425. The van der Waals surface area contributed by atoms with Gasteiger partial charge in [0.25, 0.3) is 0 Å². The fourth-order valence-corrected chi connectivity index (χ4v) is 2.26. The fraction of sp³-hybridized carbons (Fsp3) is 0.667. The van der Waals surface area contributed by atoms with Gasteiger partial charge in [-0.25, -0.2) is 0 Å². The second-order valence-electron chi connectivity index (χ2n) is 6.72. The molecule has 0 aromatic carbocycles. The molecule has 2 fully saturated rings. The Bertz CT molecular complexity index is 500. The lowest BCUT2D eigenvalue weighted by molar-refractivity contribution is -0.0507. The van der Waals surface area contributed by atoms with Crippen LogP contribution in [0.5, 0.6) is 5.75 Å². The quantitative estimate of drug-likeness (QED) is 0.785. The maximum atomic E-state index is 6.08. The number of hydrogen-bond donors (Lipinski definition) is 0. The normalized spacial score (nSPS) is 23.9. The van der Waals surface area contributed by atoms with Gasteiger partial charge in [-0.05, 0) is 33.8 Å². The van der Waals surface area contributed by atoms with Crippen molar-refractivity contribution in [2.45, 2.75) is 38.9 Å². The largest absolute Gasteiger partial charge is 0.498 e. The summed E-state index contributed by atoms with van der Waals surface area (Å²) in [5.41, 5.74) is 0.170. The van der Waals surface area contributed by atoms with E-state index in [0.717, 1.165) is 24.4 Å². The van der Waals surface area contributed by atoms with Crippen LogP contribution in [-0.2, 0) is 14.0 Å². The minimum absolute atomic E-state index is 0.361. The average Bonchev–Trinajstić information content (AvgIpc) is 2.57. The van der Waals surface area contributed by atoms with Crippen molar-refractivity contribution in [1.82, 2.24) is 4.98 Å². The summed E-state index contributed by atoms with van der Waals surface area (Å²) in [5.74, 6) is 1.19. The van der Waals surface area contributed by atoms with Gasteiger partial charge in [0.1, 0.15) is 5.75 Å². The number of ether oxygens (including phenoxy) is 2. The van der Waals surface area contributed by atoms with Crippen LogP contribution in [0, 0.1) is 5.92 Å². The molecule has 114 valence electrons. The first-order chi connectivity index (χ1) is 9.89. The van der Waals surface area contributed by atoms with Crippen molar-refractivity contribution in [2.24, 2.45) is 5.92 Å². The number of pyridine rings is 1. The molecule has 0 amide bonds. The molecule has 5 nitrogen and oxygen atoms in total. The first-order valence-corrected chi connectivity index (χ1v) is 7.39. The SMILES string of the molecule is CC1(C)OB(c2ccncc2OCC2COC2)OC1(C)C. The van der Waals surface area contributed by atoms with Crippen molar-refractivity contribution in [2.75, 3.05) is 19.8 Å². The van der Waals surface area contributed by atoms with Crippen LogP contribution in [0.1, 0.15) is 27.7 Å².